The Labute approximate surface area is 159 Å². The van der Waals surface area contributed by atoms with Crippen LogP contribution in [-0.2, 0) is 0 Å². The van der Waals surface area contributed by atoms with E-state index in [1.54, 1.807) is 11.1 Å². The molecule has 0 unspecified atom stereocenters. The zero-order valence-corrected chi connectivity index (χ0v) is 17.6. The van der Waals surface area contributed by atoms with Crippen molar-refractivity contribution >= 4 is 65.6 Å². The Morgan fingerprint density at radius 2 is 1.77 bits per heavy atom. The van der Waals surface area contributed by atoms with Crippen molar-refractivity contribution in [2.75, 3.05) is 13.1 Å². The first-order valence-electron chi connectivity index (χ1n) is 6.63. The fraction of sp³-hybridized carbons (Fsp3) is 0.286. The number of halogens is 3. The second-order valence-electron chi connectivity index (χ2n) is 4.39. The van der Waals surface area contributed by atoms with Crippen LogP contribution in [0.2, 0.25) is 0 Å². The third kappa shape index (κ3) is 4.37. The summed E-state index contributed by atoms with van der Waals surface area (Å²) in [4.78, 5) is 15.1. The van der Waals surface area contributed by atoms with Crippen LogP contribution in [-0.4, -0.2) is 33.8 Å². The minimum atomic E-state index is -0.118. The molecule has 0 radical (unpaired) electrons. The molecule has 2 rings (SSSR count). The number of carbonyl (C=O) groups is 1. The van der Waals surface area contributed by atoms with Gasteiger partial charge >= 0.3 is 6.03 Å². The minimum Gasteiger partial charge on any atom is -0.323 e. The number of carbonyl (C=O) groups excluding carboxylic acids is 1. The average molecular weight is 512 g/mol. The fourth-order valence-electron chi connectivity index (χ4n) is 1.84. The average Bonchev–Trinajstić information content (AvgIpc) is 2.80. The van der Waals surface area contributed by atoms with Gasteiger partial charge in [0.25, 0.3) is 0 Å². The first kappa shape index (κ1) is 18.0. The number of amides is 1. The molecule has 1 aromatic heterocycles. The summed E-state index contributed by atoms with van der Waals surface area (Å²) >= 11 is 11.9. The molecule has 1 amide bonds. The van der Waals surface area contributed by atoms with E-state index in [-0.39, 0.29) is 6.03 Å². The lowest BCUT2D eigenvalue weighted by molar-refractivity contribution is 0.201. The Balaban J connectivity index is 2.24. The predicted octanol–water partition coefficient (Wildman–Crippen LogP) is 5.63. The maximum Gasteiger partial charge on any atom is 0.344 e. The van der Waals surface area contributed by atoms with E-state index in [2.05, 4.69) is 52.9 Å². The van der Waals surface area contributed by atoms with Gasteiger partial charge in [0.2, 0.25) is 0 Å². The van der Waals surface area contributed by atoms with E-state index < -0.39 is 0 Å². The molecule has 4 nitrogen and oxygen atoms in total. The molecule has 0 saturated heterocycles. The maximum atomic E-state index is 12.3. The van der Waals surface area contributed by atoms with Gasteiger partial charge in [-0.2, -0.15) is 9.78 Å². The molecular formula is C14H14Br3N3OS. The van der Waals surface area contributed by atoms with E-state index in [4.69, 9.17) is 0 Å². The minimum absolute atomic E-state index is 0.118. The molecule has 0 aliphatic carbocycles. The quantitative estimate of drug-likeness (QED) is 0.534. The number of aromatic nitrogens is 2. The van der Waals surface area contributed by atoms with Gasteiger partial charge in [-0.25, -0.2) is 4.79 Å². The highest BCUT2D eigenvalue weighted by molar-refractivity contribution is 9.11. The molecule has 0 fully saturated rings. The van der Waals surface area contributed by atoms with Crippen molar-refractivity contribution in [2.45, 2.75) is 23.8 Å². The van der Waals surface area contributed by atoms with Gasteiger partial charge < -0.3 is 4.90 Å². The predicted molar refractivity (Wildman–Crippen MR) is 99.6 cm³/mol. The lowest BCUT2D eigenvalue weighted by Crippen LogP contribution is -2.34. The Bertz CT molecular complexity index is 666. The Kier molecular flexibility index (Phi) is 6.55. The molecule has 2 aromatic rings. The molecule has 0 saturated carbocycles. The van der Waals surface area contributed by atoms with Crippen LogP contribution in [0.1, 0.15) is 13.8 Å². The zero-order valence-electron chi connectivity index (χ0n) is 12.0. The summed E-state index contributed by atoms with van der Waals surface area (Å²) in [7, 11) is 0. The molecule has 0 atom stereocenters. The van der Waals surface area contributed by atoms with Crippen LogP contribution in [0.4, 0.5) is 4.79 Å². The van der Waals surface area contributed by atoms with Crippen molar-refractivity contribution in [1.29, 1.82) is 0 Å². The Morgan fingerprint density at radius 3 is 2.32 bits per heavy atom. The summed E-state index contributed by atoms with van der Waals surface area (Å²) in [5, 5.41) is 5.15. The van der Waals surface area contributed by atoms with Crippen LogP contribution in [0.25, 0.3) is 0 Å². The largest absolute Gasteiger partial charge is 0.344 e. The first-order valence-corrected chi connectivity index (χ1v) is 9.82. The maximum absolute atomic E-state index is 12.3. The number of nitrogens with zero attached hydrogens (tertiary/aromatic N) is 3. The van der Waals surface area contributed by atoms with Gasteiger partial charge in [-0.3, -0.25) is 0 Å². The van der Waals surface area contributed by atoms with E-state index in [0.717, 1.165) is 23.3 Å². The highest BCUT2D eigenvalue weighted by atomic mass is 79.9. The summed E-state index contributed by atoms with van der Waals surface area (Å²) in [6.07, 6.45) is 1.70. The van der Waals surface area contributed by atoms with Crippen LogP contribution in [0.5, 0.6) is 0 Å². The van der Waals surface area contributed by atoms with Crippen molar-refractivity contribution in [2.24, 2.45) is 0 Å². The molecule has 0 bridgehead atoms. The van der Waals surface area contributed by atoms with Gasteiger partial charge in [-0.15, -0.1) is 0 Å². The van der Waals surface area contributed by atoms with Crippen LogP contribution in [0.15, 0.2) is 47.7 Å². The second kappa shape index (κ2) is 7.99. The van der Waals surface area contributed by atoms with Crippen molar-refractivity contribution in [1.82, 2.24) is 14.7 Å². The fourth-order valence-corrected chi connectivity index (χ4v) is 4.83. The molecule has 8 heteroatoms. The highest BCUT2D eigenvalue weighted by Crippen LogP contribution is 2.35. The summed E-state index contributed by atoms with van der Waals surface area (Å²) < 4.78 is 4.15. The van der Waals surface area contributed by atoms with Gasteiger partial charge in [-0.05, 0) is 48.0 Å². The molecule has 118 valence electrons. The second-order valence-corrected chi connectivity index (χ2v) is 8.14. The molecule has 0 spiro atoms. The third-order valence-electron chi connectivity index (χ3n) is 2.92. The van der Waals surface area contributed by atoms with E-state index in [1.807, 2.05) is 32.0 Å². The topological polar surface area (TPSA) is 38.1 Å². The van der Waals surface area contributed by atoms with Gasteiger partial charge in [0.15, 0.2) is 0 Å². The normalized spacial score (nSPS) is 10.8. The van der Waals surface area contributed by atoms with E-state index in [0.29, 0.717) is 13.1 Å². The summed E-state index contributed by atoms with van der Waals surface area (Å²) in [5.74, 6) is 0. The van der Waals surface area contributed by atoms with Crippen molar-refractivity contribution < 1.29 is 4.79 Å². The van der Waals surface area contributed by atoms with Gasteiger partial charge in [0.1, 0.15) is 5.03 Å². The van der Waals surface area contributed by atoms with Crippen LogP contribution >= 0.6 is 59.6 Å². The van der Waals surface area contributed by atoms with Crippen molar-refractivity contribution in [3.05, 3.63) is 37.8 Å². The van der Waals surface area contributed by atoms with Gasteiger partial charge in [0.05, 0.1) is 10.7 Å². The van der Waals surface area contributed by atoms with E-state index >= 15 is 0 Å². The molecule has 1 heterocycles. The number of benzene rings is 1. The Morgan fingerprint density at radius 1 is 1.18 bits per heavy atom. The standard InChI is InChI=1S/C14H14Br3N3OS/c1-3-19(4-2)14(21)20-8-12(17)13(18-20)22-11-6-9(15)5-10(16)7-11/h5-8H,3-4H2,1-2H3. The first-order chi connectivity index (χ1) is 10.4. The number of hydrogen-bond donors (Lipinski definition) is 0. The molecule has 0 aliphatic heterocycles. The van der Waals surface area contributed by atoms with Gasteiger partial charge in [0, 0.05) is 26.9 Å². The smallest absolute Gasteiger partial charge is 0.323 e. The highest BCUT2D eigenvalue weighted by Gasteiger charge is 2.17. The molecule has 0 aliphatic rings. The van der Waals surface area contributed by atoms with Crippen molar-refractivity contribution in [3.63, 3.8) is 0 Å². The molecule has 0 N–H and O–H groups in total. The van der Waals surface area contributed by atoms with Crippen molar-refractivity contribution in [3.8, 4) is 0 Å². The summed E-state index contributed by atoms with van der Waals surface area (Å²) in [5.41, 5.74) is 0. The van der Waals surface area contributed by atoms with Crippen LogP contribution < -0.4 is 0 Å². The summed E-state index contributed by atoms with van der Waals surface area (Å²) in [6, 6.07) is 5.87. The monoisotopic (exact) mass is 509 g/mol. The SMILES string of the molecule is CCN(CC)C(=O)n1cc(Br)c(Sc2cc(Br)cc(Br)c2)n1. The van der Waals surface area contributed by atoms with E-state index in [9.17, 15) is 4.79 Å². The lowest BCUT2D eigenvalue weighted by Gasteiger charge is -2.17. The zero-order chi connectivity index (χ0) is 16.3. The Hall–Kier alpha value is -0.310. The molecular weight excluding hydrogens is 498 g/mol. The molecule has 22 heavy (non-hydrogen) atoms. The van der Waals surface area contributed by atoms with E-state index in [1.165, 1.54) is 16.4 Å². The van der Waals surface area contributed by atoms with Crippen LogP contribution in [0.3, 0.4) is 0 Å². The summed E-state index contributed by atoms with van der Waals surface area (Å²) in [6.45, 7) is 5.23. The lowest BCUT2D eigenvalue weighted by atomic mass is 10.4. The number of rotatable bonds is 4. The third-order valence-corrected chi connectivity index (χ3v) is 5.64. The van der Waals surface area contributed by atoms with Crippen LogP contribution in [0, 0.1) is 0 Å². The molecule has 1 aromatic carbocycles. The van der Waals surface area contributed by atoms with Gasteiger partial charge in [-0.1, -0.05) is 43.6 Å². The number of hydrogen-bond acceptors (Lipinski definition) is 3.